The third-order valence-corrected chi connectivity index (χ3v) is 3.31. The predicted molar refractivity (Wildman–Crippen MR) is 74.4 cm³/mol. The van der Waals surface area contributed by atoms with Crippen LogP contribution in [0.1, 0.15) is 35.5 Å². The second kappa shape index (κ2) is 5.36. The van der Waals surface area contributed by atoms with E-state index < -0.39 is 0 Å². The number of aryl methyl sites for hydroxylation is 3. The fourth-order valence-corrected chi connectivity index (χ4v) is 2.30. The van der Waals surface area contributed by atoms with Gasteiger partial charge >= 0.3 is 0 Å². The van der Waals surface area contributed by atoms with Gasteiger partial charge in [-0.25, -0.2) is 0 Å². The van der Waals surface area contributed by atoms with Gasteiger partial charge in [0.2, 0.25) is 0 Å². The summed E-state index contributed by atoms with van der Waals surface area (Å²) in [7, 11) is 0. The molecule has 0 fully saturated rings. The van der Waals surface area contributed by atoms with Gasteiger partial charge in [-0.05, 0) is 44.4 Å². The Morgan fingerprint density at radius 2 is 2.00 bits per heavy atom. The van der Waals surface area contributed by atoms with Crippen LogP contribution in [0.2, 0.25) is 0 Å². The smallest absolute Gasteiger partial charge is 0.0597 e. The van der Waals surface area contributed by atoms with Gasteiger partial charge in [-0.15, -0.1) is 0 Å². The Morgan fingerprint density at radius 1 is 1.28 bits per heavy atom. The van der Waals surface area contributed by atoms with Crippen molar-refractivity contribution in [2.45, 2.75) is 39.8 Å². The van der Waals surface area contributed by atoms with Crippen molar-refractivity contribution in [1.29, 1.82) is 0 Å². The van der Waals surface area contributed by atoms with Crippen LogP contribution in [0.15, 0.2) is 30.3 Å². The molecule has 96 valence electrons. The lowest BCUT2D eigenvalue weighted by atomic mass is 10.00. The van der Waals surface area contributed by atoms with Crippen LogP contribution in [0, 0.1) is 13.8 Å². The zero-order valence-corrected chi connectivity index (χ0v) is 11.4. The van der Waals surface area contributed by atoms with Crippen molar-refractivity contribution < 1.29 is 0 Å². The number of rotatable bonds is 4. The summed E-state index contributed by atoms with van der Waals surface area (Å²) in [5.74, 6) is 0. The van der Waals surface area contributed by atoms with Crippen LogP contribution in [-0.2, 0) is 13.0 Å². The van der Waals surface area contributed by atoms with E-state index in [1.54, 1.807) is 0 Å². The monoisotopic (exact) mass is 243 g/mol. The molecule has 2 rings (SSSR count). The maximum absolute atomic E-state index is 6.32. The van der Waals surface area contributed by atoms with E-state index in [-0.39, 0.29) is 6.04 Å². The number of nitrogens with zero attached hydrogens (tertiary/aromatic N) is 2. The molecule has 0 radical (unpaired) electrons. The number of hydrogen-bond acceptors (Lipinski definition) is 2. The second-order valence-electron chi connectivity index (χ2n) is 4.76. The molecular formula is C15H21N3. The van der Waals surface area contributed by atoms with E-state index in [0.717, 1.165) is 24.4 Å². The summed E-state index contributed by atoms with van der Waals surface area (Å²) in [6, 6.07) is 10.5. The molecule has 3 heteroatoms. The van der Waals surface area contributed by atoms with Crippen molar-refractivity contribution in [3.8, 4) is 0 Å². The van der Waals surface area contributed by atoms with Crippen LogP contribution in [0.4, 0.5) is 0 Å². The topological polar surface area (TPSA) is 43.8 Å². The molecule has 0 bridgehead atoms. The highest BCUT2D eigenvalue weighted by molar-refractivity contribution is 5.28. The molecule has 1 atom stereocenters. The Hall–Kier alpha value is -1.61. The van der Waals surface area contributed by atoms with Gasteiger partial charge in [-0.2, -0.15) is 5.10 Å². The average Bonchev–Trinajstić information content (AvgIpc) is 2.73. The number of hydrogen-bond donors (Lipinski definition) is 1. The SMILES string of the molecule is CCn1nc(C)cc1C(N)Cc1ccccc1C. The maximum Gasteiger partial charge on any atom is 0.0597 e. The molecule has 0 amide bonds. The summed E-state index contributed by atoms with van der Waals surface area (Å²) in [5.41, 5.74) is 11.1. The van der Waals surface area contributed by atoms with Crippen LogP contribution < -0.4 is 5.73 Å². The fourth-order valence-electron chi connectivity index (χ4n) is 2.30. The predicted octanol–water partition coefficient (Wildman–Crippen LogP) is 2.76. The molecule has 0 aliphatic rings. The van der Waals surface area contributed by atoms with E-state index in [9.17, 15) is 0 Å². The van der Waals surface area contributed by atoms with E-state index in [2.05, 4.69) is 49.3 Å². The molecule has 1 heterocycles. The minimum atomic E-state index is 0.00671. The molecule has 0 aliphatic heterocycles. The van der Waals surface area contributed by atoms with Gasteiger partial charge in [0.15, 0.2) is 0 Å². The zero-order valence-electron chi connectivity index (χ0n) is 11.4. The summed E-state index contributed by atoms with van der Waals surface area (Å²) >= 11 is 0. The number of nitrogens with two attached hydrogens (primary N) is 1. The van der Waals surface area contributed by atoms with Gasteiger partial charge in [0.05, 0.1) is 17.4 Å². The Balaban J connectivity index is 2.21. The van der Waals surface area contributed by atoms with Crippen molar-refractivity contribution in [3.63, 3.8) is 0 Å². The van der Waals surface area contributed by atoms with E-state index in [1.165, 1.54) is 11.1 Å². The van der Waals surface area contributed by atoms with Gasteiger partial charge in [0.1, 0.15) is 0 Å². The second-order valence-corrected chi connectivity index (χ2v) is 4.76. The average molecular weight is 243 g/mol. The Bertz CT molecular complexity index is 528. The molecule has 3 nitrogen and oxygen atoms in total. The summed E-state index contributed by atoms with van der Waals surface area (Å²) in [6.45, 7) is 7.10. The van der Waals surface area contributed by atoms with E-state index >= 15 is 0 Å². The largest absolute Gasteiger partial charge is 0.322 e. The molecule has 0 saturated heterocycles. The zero-order chi connectivity index (χ0) is 13.1. The third-order valence-electron chi connectivity index (χ3n) is 3.31. The van der Waals surface area contributed by atoms with Crippen molar-refractivity contribution in [3.05, 3.63) is 52.8 Å². The number of benzene rings is 1. The Kier molecular flexibility index (Phi) is 3.82. The van der Waals surface area contributed by atoms with Crippen molar-refractivity contribution in [2.75, 3.05) is 0 Å². The van der Waals surface area contributed by atoms with Crippen LogP contribution in [0.5, 0.6) is 0 Å². The van der Waals surface area contributed by atoms with E-state index in [4.69, 9.17) is 5.73 Å². The lowest BCUT2D eigenvalue weighted by Crippen LogP contribution is -2.18. The van der Waals surface area contributed by atoms with E-state index in [0.29, 0.717) is 0 Å². The quantitative estimate of drug-likeness (QED) is 0.897. The fraction of sp³-hybridized carbons (Fsp3) is 0.400. The molecule has 1 aromatic carbocycles. The van der Waals surface area contributed by atoms with Crippen molar-refractivity contribution >= 4 is 0 Å². The number of aromatic nitrogens is 2. The standard InChI is InChI=1S/C15H21N3/c1-4-18-15(9-12(3)17-18)14(16)10-13-8-6-5-7-11(13)2/h5-9,14H,4,10,16H2,1-3H3. The van der Waals surface area contributed by atoms with E-state index in [1.807, 2.05) is 11.6 Å². The lowest BCUT2D eigenvalue weighted by molar-refractivity contribution is 0.566. The van der Waals surface area contributed by atoms with Gasteiger partial charge in [0, 0.05) is 6.54 Å². The van der Waals surface area contributed by atoms with Crippen LogP contribution in [0.25, 0.3) is 0 Å². The normalized spacial score (nSPS) is 12.7. The minimum Gasteiger partial charge on any atom is -0.322 e. The van der Waals surface area contributed by atoms with Gasteiger partial charge in [-0.1, -0.05) is 24.3 Å². The van der Waals surface area contributed by atoms with Crippen molar-refractivity contribution in [2.24, 2.45) is 5.73 Å². The first-order valence-corrected chi connectivity index (χ1v) is 6.46. The summed E-state index contributed by atoms with van der Waals surface area (Å²) in [6.07, 6.45) is 0.859. The third kappa shape index (κ3) is 2.62. The molecule has 2 N–H and O–H groups in total. The molecule has 0 aliphatic carbocycles. The molecule has 0 spiro atoms. The molecule has 1 aromatic heterocycles. The van der Waals surface area contributed by atoms with Crippen LogP contribution in [-0.4, -0.2) is 9.78 Å². The highest BCUT2D eigenvalue weighted by Crippen LogP contribution is 2.19. The summed E-state index contributed by atoms with van der Waals surface area (Å²) in [4.78, 5) is 0. The van der Waals surface area contributed by atoms with Gasteiger partial charge in [0.25, 0.3) is 0 Å². The summed E-state index contributed by atoms with van der Waals surface area (Å²) in [5, 5.41) is 4.45. The molecule has 0 saturated carbocycles. The highest BCUT2D eigenvalue weighted by Gasteiger charge is 2.14. The Labute approximate surface area is 109 Å². The molecule has 1 unspecified atom stereocenters. The van der Waals surface area contributed by atoms with Crippen LogP contribution >= 0.6 is 0 Å². The first kappa shape index (κ1) is 12.8. The Morgan fingerprint density at radius 3 is 2.67 bits per heavy atom. The van der Waals surface area contributed by atoms with Gasteiger partial charge in [-0.3, -0.25) is 4.68 Å². The highest BCUT2D eigenvalue weighted by atomic mass is 15.3. The van der Waals surface area contributed by atoms with Crippen molar-refractivity contribution in [1.82, 2.24) is 9.78 Å². The minimum absolute atomic E-state index is 0.00671. The molecular weight excluding hydrogens is 222 g/mol. The summed E-state index contributed by atoms with van der Waals surface area (Å²) < 4.78 is 2.00. The van der Waals surface area contributed by atoms with Gasteiger partial charge < -0.3 is 5.73 Å². The molecule has 2 aromatic rings. The molecule has 18 heavy (non-hydrogen) atoms. The first-order valence-electron chi connectivity index (χ1n) is 6.46. The maximum atomic E-state index is 6.32. The first-order chi connectivity index (χ1) is 8.61. The van der Waals surface area contributed by atoms with Crippen LogP contribution in [0.3, 0.4) is 0 Å². The lowest BCUT2D eigenvalue weighted by Gasteiger charge is -2.14.